The highest BCUT2D eigenvalue weighted by molar-refractivity contribution is 6.11. The number of alkyl carbamates (subject to hydrolysis) is 2. The lowest BCUT2D eigenvalue weighted by atomic mass is 9.98. The number of benzene rings is 3. The number of ether oxygens (including phenoxy) is 4. The third kappa shape index (κ3) is 6.21. The van der Waals surface area contributed by atoms with E-state index in [1.54, 1.807) is 0 Å². The number of aryl methyl sites for hydroxylation is 1. The fourth-order valence-electron chi connectivity index (χ4n) is 3.62. The van der Waals surface area contributed by atoms with E-state index in [-0.39, 0.29) is 26.4 Å². The summed E-state index contributed by atoms with van der Waals surface area (Å²) in [7, 11) is 0. The summed E-state index contributed by atoms with van der Waals surface area (Å²) >= 11 is 0. The fourth-order valence-corrected chi connectivity index (χ4v) is 3.62. The molecule has 0 spiro atoms. The van der Waals surface area contributed by atoms with Crippen molar-refractivity contribution in [3.63, 3.8) is 0 Å². The Labute approximate surface area is 199 Å². The van der Waals surface area contributed by atoms with Gasteiger partial charge in [-0.05, 0) is 31.9 Å². The molecule has 0 atom stereocenters. The molecule has 0 aliphatic rings. The van der Waals surface area contributed by atoms with Crippen LogP contribution in [-0.2, 0) is 15.9 Å². The maximum Gasteiger partial charge on any atom is 0.407 e. The monoisotopic (exact) mass is 468 g/mol. The molecule has 182 valence electrons. The van der Waals surface area contributed by atoms with Crippen molar-refractivity contribution in [2.24, 2.45) is 0 Å². The van der Waals surface area contributed by atoms with E-state index in [4.69, 9.17) is 18.9 Å². The number of carbonyl (C=O) groups is 2. The molecule has 8 nitrogen and oxygen atoms in total. The average molecular weight is 469 g/mol. The van der Waals surface area contributed by atoms with Crippen molar-refractivity contribution >= 4 is 33.7 Å². The zero-order valence-corrected chi connectivity index (χ0v) is 19.9. The van der Waals surface area contributed by atoms with Crippen molar-refractivity contribution in [3.05, 3.63) is 48.0 Å². The smallest absolute Gasteiger partial charge is 0.407 e. The standard InChI is InChI=1S/C26H32N2O6/c1-4-18-11-12-21-22(17-18)24(32-14-16-34-26(30)28-6-3)20-10-8-7-9-19(20)23(21)31-13-15-33-25(29)27-5-2/h7-12,17H,4-6,13-16H2,1-3H3,(H,27,29)(H,28,30). The van der Waals surface area contributed by atoms with E-state index in [2.05, 4.69) is 29.7 Å². The van der Waals surface area contributed by atoms with Gasteiger partial charge in [-0.2, -0.15) is 0 Å². The highest BCUT2D eigenvalue weighted by Gasteiger charge is 2.17. The number of carbonyl (C=O) groups excluding carboxylic acids is 2. The lowest BCUT2D eigenvalue weighted by Gasteiger charge is -2.18. The molecular formula is C26H32N2O6. The summed E-state index contributed by atoms with van der Waals surface area (Å²) in [5.74, 6) is 1.42. The summed E-state index contributed by atoms with van der Waals surface area (Å²) in [5, 5.41) is 8.77. The Morgan fingerprint density at radius 2 is 1.18 bits per heavy atom. The molecule has 2 N–H and O–H groups in total. The van der Waals surface area contributed by atoms with Crippen LogP contribution < -0.4 is 20.1 Å². The summed E-state index contributed by atoms with van der Waals surface area (Å²) in [6, 6.07) is 14.0. The van der Waals surface area contributed by atoms with Gasteiger partial charge in [-0.25, -0.2) is 9.59 Å². The topological polar surface area (TPSA) is 95.1 Å². The molecule has 0 aromatic heterocycles. The zero-order valence-electron chi connectivity index (χ0n) is 19.9. The Hall–Kier alpha value is -3.68. The van der Waals surface area contributed by atoms with E-state index in [0.717, 1.165) is 33.5 Å². The van der Waals surface area contributed by atoms with E-state index in [1.165, 1.54) is 0 Å². The van der Waals surface area contributed by atoms with E-state index >= 15 is 0 Å². The number of hydrogen-bond acceptors (Lipinski definition) is 6. The van der Waals surface area contributed by atoms with Crippen molar-refractivity contribution in [1.29, 1.82) is 0 Å². The highest BCUT2D eigenvalue weighted by Crippen LogP contribution is 2.43. The maximum atomic E-state index is 11.6. The van der Waals surface area contributed by atoms with Crippen molar-refractivity contribution in [2.75, 3.05) is 39.5 Å². The van der Waals surface area contributed by atoms with Crippen molar-refractivity contribution in [1.82, 2.24) is 10.6 Å². The molecule has 2 amide bonds. The molecule has 3 rings (SSSR count). The predicted octanol–water partition coefficient (Wildman–Crippen LogP) is 4.81. The average Bonchev–Trinajstić information content (AvgIpc) is 2.85. The Bertz CT molecular complexity index is 1130. The van der Waals surface area contributed by atoms with Gasteiger partial charge in [-0.3, -0.25) is 0 Å². The quantitative estimate of drug-likeness (QED) is 0.310. The Morgan fingerprint density at radius 3 is 1.68 bits per heavy atom. The minimum Gasteiger partial charge on any atom is -0.489 e. The largest absolute Gasteiger partial charge is 0.489 e. The van der Waals surface area contributed by atoms with Gasteiger partial charge in [0.15, 0.2) is 0 Å². The summed E-state index contributed by atoms with van der Waals surface area (Å²) in [6.45, 7) is 7.45. The summed E-state index contributed by atoms with van der Waals surface area (Å²) < 4.78 is 22.6. The van der Waals surface area contributed by atoms with Crippen LogP contribution in [0.5, 0.6) is 11.5 Å². The van der Waals surface area contributed by atoms with Crippen LogP contribution in [0.3, 0.4) is 0 Å². The SMILES string of the molecule is CCNC(=O)OCCOc1c2ccccc2c(OCCOC(=O)NCC)c2cc(CC)ccc12. The van der Waals surface area contributed by atoms with E-state index < -0.39 is 12.2 Å². The Balaban J connectivity index is 1.90. The second kappa shape index (κ2) is 12.5. The second-order valence-electron chi connectivity index (χ2n) is 7.47. The highest BCUT2D eigenvalue weighted by atomic mass is 16.6. The summed E-state index contributed by atoms with van der Waals surface area (Å²) in [6.07, 6.45) is -0.0568. The normalized spacial score (nSPS) is 10.7. The van der Waals surface area contributed by atoms with Crippen molar-refractivity contribution in [2.45, 2.75) is 27.2 Å². The minimum absolute atomic E-state index is 0.129. The molecule has 34 heavy (non-hydrogen) atoms. The molecule has 3 aromatic rings. The zero-order chi connectivity index (χ0) is 24.3. The number of nitrogens with one attached hydrogen (secondary N) is 2. The van der Waals surface area contributed by atoms with Crippen molar-refractivity contribution < 1.29 is 28.5 Å². The summed E-state index contributed by atoms with van der Waals surface area (Å²) in [4.78, 5) is 23.1. The van der Waals surface area contributed by atoms with Crippen LogP contribution in [0.4, 0.5) is 9.59 Å². The van der Waals surface area contributed by atoms with Gasteiger partial charge in [0.2, 0.25) is 0 Å². The second-order valence-corrected chi connectivity index (χ2v) is 7.47. The van der Waals surface area contributed by atoms with Gasteiger partial charge in [-0.1, -0.05) is 43.3 Å². The first-order chi connectivity index (χ1) is 16.6. The number of hydrogen-bond donors (Lipinski definition) is 2. The van der Waals surface area contributed by atoms with Crippen LogP contribution >= 0.6 is 0 Å². The molecule has 0 aliphatic heterocycles. The van der Waals surface area contributed by atoms with Gasteiger partial charge in [0, 0.05) is 34.6 Å². The van der Waals surface area contributed by atoms with Crippen molar-refractivity contribution in [3.8, 4) is 11.5 Å². The lowest BCUT2D eigenvalue weighted by Crippen LogP contribution is -2.25. The van der Waals surface area contributed by atoms with Crippen LogP contribution in [0.15, 0.2) is 42.5 Å². The molecule has 0 heterocycles. The number of rotatable bonds is 11. The van der Waals surface area contributed by atoms with Gasteiger partial charge >= 0.3 is 12.2 Å². The third-order valence-electron chi connectivity index (χ3n) is 5.17. The molecule has 0 aliphatic carbocycles. The van der Waals surface area contributed by atoms with E-state index in [9.17, 15) is 9.59 Å². The van der Waals surface area contributed by atoms with Crippen LogP contribution in [0, 0.1) is 0 Å². The fraction of sp³-hybridized carbons (Fsp3) is 0.385. The molecule has 0 saturated heterocycles. The van der Waals surface area contributed by atoms with Gasteiger partial charge in [0.05, 0.1) is 0 Å². The predicted molar refractivity (Wildman–Crippen MR) is 132 cm³/mol. The maximum absolute atomic E-state index is 11.6. The third-order valence-corrected chi connectivity index (χ3v) is 5.17. The molecule has 8 heteroatoms. The number of amides is 2. The van der Waals surface area contributed by atoms with Crippen LogP contribution in [0.2, 0.25) is 0 Å². The molecule has 0 radical (unpaired) electrons. The van der Waals surface area contributed by atoms with Crippen LogP contribution in [0.1, 0.15) is 26.3 Å². The first-order valence-corrected chi connectivity index (χ1v) is 11.6. The van der Waals surface area contributed by atoms with Gasteiger partial charge < -0.3 is 29.6 Å². The lowest BCUT2D eigenvalue weighted by molar-refractivity contribution is 0.125. The molecule has 3 aromatic carbocycles. The summed E-state index contributed by atoms with van der Waals surface area (Å²) in [5.41, 5.74) is 1.16. The van der Waals surface area contributed by atoms with Gasteiger partial charge in [-0.15, -0.1) is 0 Å². The van der Waals surface area contributed by atoms with E-state index in [0.29, 0.717) is 24.6 Å². The van der Waals surface area contributed by atoms with Gasteiger partial charge in [0.25, 0.3) is 0 Å². The minimum atomic E-state index is -0.466. The van der Waals surface area contributed by atoms with Crippen LogP contribution in [0.25, 0.3) is 21.5 Å². The molecule has 0 bridgehead atoms. The van der Waals surface area contributed by atoms with Gasteiger partial charge in [0.1, 0.15) is 37.9 Å². The molecule has 0 fully saturated rings. The Morgan fingerprint density at radius 1 is 0.676 bits per heavy atom. The molecule has 0 unspecified atom stereocenters. The first kappa shape index (κ1) is 25.0. The van der Waals surface area contributed by atoms with E-state index in [1.807, 2.05) is 44.2 Å². The molecule has 0 saturated carbocycles. The Kier molecular flexibility index (Phi) is 9.20. The van der Waals surface area contributed by atoms with Crippen LogP contribution in [-0.4, -0.2) is 51.7 Å². The first-order valence-electron chi connectivity index (χ1n) is 11.6. The number of fused-ring (bicyclic) bond motifs is 2. The molecular weight excluding hydrogens is 436 g/mol.